The van der Waals surface area contributed by atoms with Gasteiger partial charge in [-0.25, -0.2) is 0 Å². The zero-order valence-electron chi connectivity index (χ0n) is 10.4. The molecule has 0 aliphatic carbocycles. The third kappa shape index (κ3) is 2.89. The van der Waals surface area contributed by atoms with Crippen molar-refractivity contribution < 1.29 is 4.74 Å². The summed E-state index contributed by atoms with van der Waals surface area (Å²) in [5.41, 5.74) is 3.62. The minimum absolute atomic E-state index is 0.320. The van der Waals surface area contributed by atoms with Crippen LogP contribution in [0.15, 0.2) is 12.1 Å². The van der Waals surface area contributed by atoms with E-state index in [1.54, 1.807) is 7.11 Å². The van der Waals surface area contributed by atoms with Crippen molar-refractivity contribution in [3.05, 3.63) is 28.8 Å². The van der Waals surface area contributed by atoms with Gasteiger partial charge in [0.25, 0.3) is 0 Å². The summed E-state index contributed by atoms with van der Waals surface area (Å²) in [6, 6.07) is 4.65. The molecule has 1 rings (SSSR count). The van der Waals surface area contributed by atoms with E-state index in [4.69, 9.17) is 16.3 Å². The van der Waals surface area contributed by atoms with Crippen LogP contribution in [0.3, 0.4) is 0 Å². The van der Waals surface area contributed by atoms with Crippen molar-refractivity contribution in [1.29, 1.82) is 0 Å². The molecule has 0 saturated carbocycles. The first kappa shape index (κ1) is 13.3. The number of rotatable bonds is 5. The Hall–Kier alpha value is -0.730. The van der Waals surface area contributed by atoms with Crippen LogP contribution in [0.1, 0.15) is 29.2 Å². The highest BCUT2D eigenvalue weighted by atomic mass is 35.5. The predicted octanol–water partition coefficient (Wildman–Crippen LogP) is 3.20. The van der Waals surface area contributed by atoms with Crippen molar-refractivity contribution >= 4 is 11.6 Å². The first-order valence-electron chi connectivity index (χ1n) is 5.52. The molecule has 0 aromatic heterocycles. The fourth-order valence-corrected chi connectivity index (χ4v) is 2.31. The van der Waals surface area contributed by atoms with Crippen LogP contribution in [-0.4, -0.2) is 20.0 Å². The molecule has 1 N–H and O–H groups in total. The van der Waals surface area contributed by atoms with E-state index in [1.807, 2.05) is 7.05 Å². The molecule has 3 heteroatoms. The molecule has 0 fully saturated rings. The fraction of sp³-hybridized carbons (Fsp3) is 0.538. The molecule has 1 atom stereocenters. The first-order valence-corrected chi connectivity index (χ1v) is 6.05. The number of hydrogen-bond donors (Lipinski definition) is 1. The zero-order valence-corrected chi connectivity index (χ0v) is 11.2. The summed E-state index contributed by atoms with van der Waals surface area (Å²) in [6.07, 6.45) is 0.934. The Labute approximate surface area is 103 Å². The molecule has 0 aliphatic heterocycles. The minimum Gasteiger partial charge on any atom is -0.496 e. The van der Waals surface area contributed by atoms with Gasteiger partial charge in [-0.1, -0.05) is 12.1 Å². The average molecular weight is 242 g/mol. The van der Waals surface area contributed by atoms with Crippen LogP contribution in [0.5, 0.6) is 5.75 Å². The maximum atomic E-state index is 5.80. The lowest BCUT2D eigenvalue weighted by Gasteiger charge is -2.18. The summed E-state index contributed by atoms with van der Waals surface area (Å²) in [5, 5.41) is 3.29. The van der Waals surface area contributed by atoms with Gasteiger partial charge in [-0.2, -0.15) is 0 Å². The molecule has 1 aromatic carbocycles. The third-order valence-electron chi connectivity index (χ3n) is 2.84. The number of benzene rings is 1. The minimum atomic E-state index is 0.320. The average Bonchev–Trinajstić information content (AvgIpc) is 2.25. The molecule has 0 aliphatic rings. The second kappa shape index (κ2) is 6.12. The Morgan fingerprint density at radius 1 is 1.31 bits per heavy atom. The Balaban J connectivity index is 3.06. The van der Waals surface area contributed by atoms with Crippen LogP contribution in [0.2, 0.25) is 0 Å². The number of alkyl halides is 1. The third-order valence-corrected chi connectivity index (χ3v) is 3.05. The molecule has 0 spiro atoms. The molecule has 0 radical (unpaired) electrons. The smallest absolute Gasteiger partial charge is 0.124 e. The number of halogens is 1. The molecule has 0 saturated heterocycles. The molecule has 1 unspecified atom stereocenters. The SMILES string of the molecule is CNC(CCCl)c1cc(C)c(OC)c(C)c1. The predicted molar refractivity (Wildman–Crippen MR) is 69.6 cm³/mol. The van der Waals surface area contributed by atoms with Gasteiger partial charge in [0, 0.05) is 11.9 Å². The normalized spacial score (nSPS) is 12.6. The lowest BCUT2D eigenvalue weighted by atomic mass is 9.99. The summed E-state index contributed by atoms with van der Waals surface area (Å²) >= 11 is 5.80. The number of nitrogens with one attached hydrogen (secondary N) is 1. The highest BCUT2D eigenvalue weighted by Gasteiger charge is 2.12. The van der Waals surface area contributed by atoms with Gasteiger partial charge in [-0.3, -0.25) is 0 Å². The van der Waals surface area contributed by atoms with E-state index >= 15 is 0 Å². The van der Waals surface area contributed by atoms with Gasteiger partial charge in [0.2, 0.25) is 0 Å². The maximum Gasteiger partial charge on any atom is 0.124 e. The molecule has 0 amide bonds. The number of ether oxygens (including phenoxy) is 1. The molecule has 90 valence electrons. The molecule has 2 nitrogen and oxygen atoms in total. The Morgan fingerprint density at radius 3 is 2.25 bits per heavy atom. The van der Waals surface area contributed by atoms with Crippen LogP contribution < -0.4 is 10.1 Å². The molecular formula is C13H20ClNO. The number of methoxy groups -OCH3 is 1. The van der Waals surface area contributed by atoms with Gasteiger partial charge in [0.15, 0.2) is 0 Å². The lowest BCUT2D eigenvalue weighted by molar-refractivity contribution is 0.408. The monoisotopic (exact) mass is 241 g/mol. The van der Waals surface area contributed by atoms with E-state index < -0.39 is 0 Å². The largest absolute Gasteiger partial charge is 0.496 e. The Bertz CT molecular complexity index is 329. The fourth-order valence-electron chi connectivity index (χ4n) is 2.09. The topological polar surface area (TPSA) is 21.3 Å². The summed E-state index contributed by atoms with van der Waals surface area (Å²) in [5.74, 6) is 1.64. The van der Waals surface area contributed by atoms with Gasteiger partial charge in [0.1, 0.15) is 5.75 Å². The van der Waals surface area contributed by atoms with Gasteiger partial charge in [0.05, 0.1) is 7.11 Å². The Morgan fingerprint density at radius 2 is 1.88 bits per heavy atom. The summed E-state index contributed by atoms with van der Waals surface area (Å²) in [7, 11) is 3.68. The summed E-state index contributed by atoms with van der Waals surface area (Å²) in [4.78, 5) is 0. The van der Waals surface area contributed by atoms with Crippen LogP contribution in [0.25, 0.3) is 0 Å². The highest BCUT2D eigenvalue weighted by molar-refractivity contribution is 6.17. The second-order valence-electron chi connectivity index (χ2n) is 4.01. The van der Waals surface area contributed by atoms with Crippen molar-refractivity contribution in [2.24, 2.45) is 0 Å². The molecule has 0 heterocycles. The van der Waals surface area contributed by atoms with Crippen molar-refractivity contribution in [1.82, 2.24) is 5.32 Å². The van der Waals surface area contributed by atoms with Crippen molar-refractivity contribution in [3.63, 3.8) is 0 Å². The Kier molecular flexibility index (Phi) is 5.10. The van der Waals surface area contributed by atoms with Crippen LogP contribution in [0, 0.1) is 13.8 Å². The van der Waals surface area contributed by atoms with E-state index in [9.17, 15) is 0 Å². The van der Waals surface area contributed by atoms with Crippen molar-refractivity contribution in [2.45, 2.75) is 26.3 Å². The lowest BCUT2D eigenvalue weighted by Crippen LogP contribution is -2.17. The van der Waals surface area contributed by atoms with Crippen molar-refractivity contribution in [2.75, 3.05) is 20.0 Å². The van der Waals surface area contributed by atoms with Crippen LogP contribution >= 0.6 is 11.6 Å². The van der Waals surface area contributed by atoms with Gasteiger partial charge in [-0.15, -0.1) is 11.6 Å². The summed E-state index contributed by atoms with van der Waals surface area (Å²) in [6.45, 7) is 4.14. The highest BCUT2D eigenvalue weighted by Crippen LogP contribution is 2.28. The maximum absolute atomic E-state index is 5.80. The first-order chi connectivity index (χ1) is 7.63. The molecular weight excluding hydrogens is 222 g/mol. The second-order valence-corrected chi connectivity index (χ2v) is 4.38. The van der Waals surface area contributed by atoms with E-state index in [0.717, 1.165) is 12.2 Å². The summed E-state index contributed by atoms with van der Waals surface area (Å²) < 4.78 is 5.36. The number of aryl methyl sites for hydroxylation is 2. The zero-order chi connectivity index (χ0) is 12.1. The van der Waals surface area contributed by atoms with E-state index in [1.165, 1.54) is 16.7 Å². The molecule has 1 aromatic rings. The van der Waals surface area contributed by atoms with E-state index in [2.05, 4.69) is 31.3 Å². The van der Waals surface area contributed by atoms with E-state index in [0.29, 0.717) is 11.9 Å². The quantitative estimate of drug-likeness (QED) is 0.800. The molecule has 16 heavy (non-hydrogen) atoms. The van der Waals surface area contributed by atoms with Crippen LogP contribution in [0.4, 0.5) is 0 Å². The van der Waals surface area contributed by atoms with Gasteiger partial charge >= 0.3 is 0 Å². The number of hydrogen-bond acceptors (Lipinski definition) is 2. The van der Waals surface area contributed by atoms with Crippen LogP contribution in [-0.2, 0) is 0 Å². The van der Waals surface area contributed by atoms with E-state index in [-0.39, 0.29) is 0 Å². The van der Waals surface area contributed by atoms with Gasteiger partial charge in [-0.05, 0) is 44.0 Å². The molecule has 0 bridgehead atoms. The van der Waals surface area contributed by atoms with Gasteiger partial charge < -0.3 is 10.1 Å². The van der Waals surface area contributed by atoms with Crippen molar-refractivity contribution in [3.8, 4) is 5.75 Å². The standard InChI is InChI=1S/C13H20ClNO/c1-9-7-11(12(15-3)5-6-14)8-10(2)13(9)16-4/h7-8,12,15H,5-6H2,1-4H3.